The highest BCUT2D eigenvalue weighted by Gasteiger charge is 2.06. The normalized spacial score (nSPS) is 12.2. The quantitative estimate of drug-likeness (QED) is 0.656. The molecule has 0 saturated heterocycles. The molecule has 0 spiro atoms. The fraction of sp³-hybridized carbons (Fsp3) is 0.111. The van der Waals surface area contributed by atoms with Gasteiger partial charge in [0.2, 0.25) is 4.80 Å². The molecule has 0 atom stereocenters. The van der Waals surface area contributed by atoms with E-state index in [0.717, 1.165) is 21.6 Å². The zero-order valence-electron chi connectivity index (χ0n) is 12.6. The summed E-state index contributed by atoms with van der Waals surface area (Å²) in [6.07, 6.45) is 1.89. The Bertz CT molecular complexity index is 857. The maximum Gasteiger partial charge on any atom is 0.205 e. The summed E-state index contributed by atoms with van der Waals surface area (Å²) in [4.78, 5) is 5.20. The average molecular weight is 307 g/mol. The summed E-state index contributed by atoms with van der Waals surface area (Å²) >= 11 is 1.59. The Kier molecular flexibility index (Phi) is 4.30. The first-order chi connectivity index (χ1) is 10.8. The van der Waals surface area contributed by atoms with Crippen LogP contribution in [0.4, 0.5) is 0 Å². The van der Waals surface area contributed by atoms with E-state index in [1.54, 1.807) is 18.4 Å². The second kappa shape index (κ2) is 6.54. The maximum absolute atomic E-state index is 4.65. The maximum atomic E-state index is 4.65. The van der Waals surface area contributed by atoms with E-state index in [9.17, 15) is 0 Å². The number of aryl methyl sites for hydroxylation is 1. The van der Waals surface area contributed by atoms with Crippen LogP contribution in [-0.2, 0) is 0 Å². The van der Waals surface area contributed by atoms with E-state index < -0.39 is 0 Å². The summed E-state index contributed by atoms with van der Waals surface area (Å²) in [5.41, 5.74) is 4.51. The molecule has 0 bridgehead atoms. The van der Waals surface area contributed by atoms with E-state index >= 15 is 0 Å². The Balaban J connectivity index is 2.07. The van der Waals surface area contributed by atoms with Crippen molar-refractivity contribution in [2.24, 2.45) is 10.1 Å². The minimum absolute atomic E-state index is 0.878. The smallest absolute Gasteiger partial charge is 0.205 e. The average Bonchev–Trinajstić information content (AvgIpc) is 2.98. The second-order valence-electron chi connectivity index (χ2n) is 4.91. The van der Waals surface area contributed by atoms with Crippen LogP contribution < -0.4 is 4.80 Å². The molecular weight excluding hydrogens is 290 g/mol. The molecule has 0 aliphatic heterocycles. The van der Waals surface area contributed by atoms with Crippen molar-refractivity contribution in [2.45, 2.75) is 6.92 Å². The second-order valence-corrected chi connectivity index (χ2v) is 5.74. The number of benzene rings is 2. The Hall–Kier alpha value is -2.46. The van der Waals surface area contributed by atoms with Gasteiger partial charge in [-0.1, -0.05) is 54.6 Å². The van der Waals surface area contributed by atoms with Crippen LogP contribution in [0.1, 0.15) is 11.1 Å². The molecule has 0 aliphatic carbocycles. The van der Waals surface area contributed by atoms with E-state index in [4.69, 9.17) is 0 Å². The van der Waals surface area contributed by atoms with Crippen molar-refractivity contribution in [3.8, 4) is 11.3 Å². The fourth-order valence-corrected chi connectivity index (χ4v) is 3.02. The standard InChI is InChI=1S/C18H17N3S/c1-14-8-6-7-11-16(14)12-20-21-17(13-22-18(21)19-2)15-9-4-3-5-10-15/h3-13H,1-2H3/b19-18?,20-12-. The molecular formula is C18H17N3S. The van der Waals surface area contributed by atoms with Crippen LogP contribution in [0.2, 0.25) is 0 Å². The van der Waals surface area contributed by atoms with E-state index in [0.29, 0.717) is 0 Å². The highest BCUT2D eigenvalue weighted by molar-refractivity contribution is 7.07. The van der Waals surface area contributed by atoms with Crippen LogP contribution >= 0.6 is 11.3 Å². The summed E-state index contributed by atoms with van der Waals surface area (Å²) in [6, 6.07) is 18.5. The largest absolute Gasteiger partial charge is 0.261 e. The van der Waals surface area contributed by atoms with Gasteiger partial charge in [0, 0.05) is 18.0 Å². The van der Waals surface area contributed by atoms with E-state index in [1.807, 2.05) is 41.2 Å². The van der Waals surface area contributed by atoms with Gasteiger partial charge < -0.3 is 0 Å². The topological polar surface area (TPSA) is 29.6 Å². The first-order valence-electron chi connectivity index (χ1n) is 7.08. The number of nitrogens with zero attached hydrogens (tertiary/aromatic N) is 3. The molecule has 0 aliphatic rings. The van der Waals surface area contributed by atoms with Gasteiger partial charge >= 0.3 is 0 Å². The molecule has 1 aromatic heterocycles. The highest BCUT2D eigenvalue weighted by Crippen LogP contribution is 2.19. The SMILES string of the molecule is CN=c1scc(-c2ccccc2)n1/N=C\c1ccccc1C. The van der Waals surface area contributed by atoms with Crippen LogP contribution in [0.15, 0.2) is 70.1 Å². The molecule has 1 heterocycles. The molecule has 4 heteroatoms. The van der Waals surface area contributed by atoms with Crippen molar-refractivity contribution in [1.29, 1.82) is 0 Å². The van der Waals surface area contributed by atoms with Crippen LogP contribution in [0, 0.1) is 6.92 Å². The van der Waals surface area contributed by atoms with Gasteiger partial charge in [0.25, 0.3) is 0 Å². The summed E-state index contributed by atoms with van der Waals surface area (Å²) in [5.74, 6) is 0. The van der Waals surface area contributed by atoms with Gasteiger partial charge in [0.15, 0.2) is 0 Å². The molecule has 0 unspecified atom stereocenters. The summed E-state index contributed by atoms with van der Waals surface area (Å²) in [6.45, 7) is 2.09. The van der Waals surface area contributed by atoms with Gasteiger partial charge in [-0.2, -0.15) is 5.10 Å². The van der Waals surface area contributed by atoms with E-state index in [1.165, 1.54) is 5.56 Å². The predicted octanol–water partition coefficient (Wildman–Crippen LogP) is 3.94. The third-order valence-corrected chi connectivity index (χ3v) is 4.35. The van der Waals surface area contributed by atoms with Crippen LogP contribution in [0.25, 0.3) is 11.3 Å². The molecule has 3 rings (SSSR count). The lowest BCUT2D eigenvalue weighted by molar-refractivity contribution is 0.848. The number of aromatic nitrogens is 1. The van der Waals surface area contributed by atoms with Crippen LogP contribution in [0.5, 0.6) is 0 Å². The number of thiazole rings is 1. The van der Waals surface area contributed by atoms with Gasteiger partial charge in [0.1, 0.15) is 0 Å². The first kappa shape index (κ1) is 14.5. The number of rotatable bonds is 3. The zero-order chi connectivity index (χ0) is 15.4. The highest BCUT2D eigenvalue weighted by atomic mass is 32.1. The van der Waals surface area contributed by atoms with Crippen LogP contribution in [0.3, 0.4) is 0 Å². The minimum atomic E-state index is 0.878. The Labute approximate surface area is 133 Å². The van der Waals surface area contributed by atoms with Gasteiger partial charge in [0.05, 0.1) is 11.9 Å². The Morgan fingerprint density at radius 1 is 1.00 bits per heavy atom. The molecule has 2 aromatic carbocycles. The predicted molar refractivity (Wildman–Crippen MR) is 93.4 cm³/mol. The minimum Gasteiger partial charge on any atom is -0.261 e. The molecule has 3 nitrogen and oxygen atoms in total. The molecule has 0 N–H and O–H groups in total. The van der Waals surface area contributed by atoms with Crippen LogP contribution in [-0.4, -0.2) is 17.9 Å². The molecule has 0 saturated carbocycles. The van der Waals surface area contributed by atoms with Gasteiger partial charge in [-0.05, 0) is 18.1 Å². The van der Waals surface area contributed by atoms with Gasteiger partial charge in [-0.25, -0.2) is 4.68 Å². The van der Waals surface area contributed by atoms with Crippen molar-refractivity contribution in [3.63, 3.8) is 0 Å². The molecule has 0 amide bonds. The summed E-state index contributed by atoms with van der Waals surface area (Å²) in [7, 11) is 1.79. The lowest BCUT2D eigenvalue weighted by Crippen LogP contribution is -2.11. The fourth-order valence-electron chi connectivity index (χ4n) is 2.22. The van der Waals surface area contributed by atoms with Gasteiger partial charge in [-0.3, -0.25) is 4.99 Å². The Morgan fingerprint density at radius 3 is 2.45 bits per heavy atom. The van der Waals surface area contributed by atoms with Crippen molar-refractivity contribution < 1.29 is 0 Å². The van der Waals surface area contributed by atoms with Crippen molar-refractivity contribution >= 4 is 17.6 Å². The molecule has 22 heavy (non-hydrogen) atoms. The Morgan fingerprint density at radius 2 is 1.73 bits per heavy atom. The monoisotopic (exact) mass is 307 g/mol. The molecule has 3 aromatic rings. The third-order valence-electron chi connectivity index (χ3n) is 3.45. The van der Waals surface area contributed by atoms with E-state index in [2.05, 4.69) is 46.7 Å². The van der Waals surface area contributed by atoms with Crippen molar-refractivity contribution in [1.82, 2.24) is 4.68 Å². The first-order valence-corrected chi connectivity index (χ1v) is 7.96. The third kappa shape index (κ3) is 2.92. The molecule has 0 fully saturated rings. The number of hydrogen-bond acceptors (Lipinski definition) is 3. The lowest BCUT2D eigenvalue weighted by Gasteiger charge is -2.03. The summed E-state index contributed by atoms with van der Waals surface area (Å²) < 4.78 is 1.90. The summed E-state index contributed by atoms with van der Waals surface area (Å²) in [5, 5.41) is 6.74. The van der Waals surface area contributed by atoms with Crippen molar-refractivity contribution in [2.75, 3.05) is 7.05 Å². The zero-order valence-corrected chi connectivity index (χ0v) is 13.4. The lowest BCUT2D eigenvalue weighted by atomic mass is 10.1. The molecule has 0 radical (unpaired) electrons. The van der Waals surface area contributed by atoms with Crippen molar-refractivity contribution in [3.05, 3.63) is 75.9 Å². The van der Waals surface area contributed by atoms with E-state index in [-0.39, 0.29) is 0 Å². The number of hydrogen-bond donors (Lipinski definition) is 0. The van der Waals surface area contributed by atoms with Gasteiger partial charge in [-0.15, -0.1) is 11.3 Å². The molecule has 110 valence electrons.